The number of rotatable bonds is 3. The van der Waals surface area contributed by atoms with Crippen LogP contribution in [0, 0.1) is 0 Å². The lowest BCUT2D eigenvalue weighted by Gasteiger charge is -1.93. The van der Waals surface area contributed by atoms with Gasteiger partial charge in [-0.15, -0.1) is 11.3 Å². The van der Waals surface area contributed by atoms with Crippen molar-refractivity contribution in [1.29, 1.82) is 0 Å². The fourth-order valence-electron chi connectivity index (χ4n) is 0.909. The number of carboxylic acids is 1. The summed E-state index contributed by atoms with van der Waals surface area (Å²) < 4.78 is 0.760. The number of nitrogens with zero attached hydrogens (tertiary/aromatic N) is 1. The minimum atomic E-state index is -0.831. The van der Waals surface area contributed by atoms with Crippen molar-refractivity contribution < 1.29 is 9.90 Å². The summed E-state index contributed by atoms with van der Waals surface area (Å²) in [6, 6.07) is 0. The Balaban J connectivity index is 2.89. The van der Waals surface area contributed by atoms with E-state index in [1.54, 1.807) is 0 Å². The topological polar surface area (TPSA) is 50.2 Å². The first-order valence-corrected chi connectivity index (χ1v) is 5.10. The molecule has 1 aromatic heterocycles. The number of carbonyl (C=O) groups is 1. The van der Waals surface area contributed by atoms with Crippen molar-refractivity contribution in [3.8, 4) is 0 Å². The normalized spacial score (nSPS) is 10.2. The van der Waals surface area contributed by atoms with Gasteiger partial charge in [0.2, 0.25) is 0 Å². The number of aromatic nitrogens is 1. The van der Waals surface area contributed by atoms with Crippen molar-refractivity contribution in [3.63, 3.8) is 0 Å². The Bertz CT molecular complexity index is 298. The zero-order valence-electron chi connectivity index (χ0n) is 6.50. The van der Waals surface area contributed by atoms with Gasteiger partial charge in [-0.1, -0.05) is 6.92 Å². The van der Waals surface area contributed by atoms with E-state index >= 15 is 0 Å². The molecule has 0 radical (unpaired) electrons. The van der Waals surface area contributed by atoms with Gasteiger partial charge >= 0.3 is 5.97 Å². The Kier molecular flexibility index (Phi) is 3.22. The molecule has 12 heavy (non-hydrogen) atoms. The van der Waals surface area contributed by atoms with Crippen LogP contribution in [0.3, 0.4) is 0 Å². The predicted molar refractivity (Wildman–Crippen MR) is 50.5 cm³/mol. The lowest BCUT2D eigenvalue weighted by atomic mass is 10.2. The van der Waals surface area contributed by atoms with Gasteiger partial charge in [-0.2, -0.15) is 0 Å². The molecular weight excluding hydrogens is 242 g/mol. The average Bonchev–Trinajstić information content (AvgIpc) is 2.29. The number of halogens is 1. The molecule has 0 fully saturated rings. The maximum atomic E-state index is 10.4. The molecule has 3 nitrogen and oxygen atoms in total. The molecule has 0 saturated carbocycles. The van der Waals surface area contributed by atoms with Crippen molar-refractivity contribution in [2.75, 3.05) is 0 Å². The summed E-state index contributed by atoms with van der Waals surface area (Å²) in [5.41, 5.74) is 0.682. The fourth-order valence-corrected chi connectivity index (χ4v) is 2.45. The smallest absolute Gasteiger partial charge is 0.309 e. The number of carboxylic acid groups (broad SMARTS) is 1. The molecule has 0 aliphatic heterocycles. The van der Waals surface area contributed by atoms with Gasteiger partial charge in [0.15, 0.2) is 3.92 Å². The van der Waals surface area contributed by atoms with Crippen LogP contribution in [0.2, 0.25) is 0 Å². The Morgan fingerprint density at radius 3 is 2.92 bits per heavy atom. The van der Waals surface area contributed by atoms with Gasteiger partial charge in [-0.25, -0.2) is 4.98 Å². The zero-order valence-corrected chi connectivity index (χ0v) is 8.91. The molecule has 1 N–H and O–H groups in total. The summed E-state index contributed by atoms with van der Waals surface area (Å²) in [6.45, 7) is 1.99. The maximum Gasteiger partial charge on any atom is 0.309 e. The second kappa shape index (κ2) is 4.00. The van der Waals surface area contributed by atoms with E-state index in [9.17, 15) is 4.79 Å². The van der Waals surface area contributed by atoms with Gasteiger partial charge in [0.25, 0.3) is 0 Å². The first-order chi connectivity index (χ1) is 5.63. The highest BCUT2D eigenvalue weighted by atomic mass is 79.9. The van der Waals surface area contributed by atoms with E-state index in [1.165, 1.54) is 11.3 Å². The molecule has 5 heteroatoms. The fraction of sp³-hybridized carbons (Fsp3) is 0.429. The average molecular weight is 250 g/mol. The highest BCUT2D eigenvalue weighted by Crippen LogP contribution is 2.23. The van der Waals surface area contributed by atoms with Gasteiger partial charge in [0.05, 0.1) is 12.1 Å². The summed E-state index contributed by atoms with van der Waals surface area (Å²) in [5.74, 6) is -0.831. The summed E-state index contributed by atoms with van der Waals surface area (Å²) in [6.07, 6.45) is 0.858. The van der Waals surface area contributed by atoms with Gasteiger partial charge < -0.3 is 5.11 Å². The Morgan fingerprint density at radius 2 is 2.42 bits per heavy atom. The molecule has 1 heterocycles. The Morgan fingerprint density at radius 1 is 1.75 bits per heavy atom. The second-order valence-electron chi connectivity index (χ2n) is 2.26. The van der Waals surface area contributed by atoms with Crippen molar-refractivity contribution >= 4 is 33.2 Å². The number of aryl methyl sites for hydroxylation is 1. The monoisotopic (exact) mass is 249 g/mol. The van der Waals surface area contributed by atoms with E-state index < -0.39 is 5.97 Å². The Labute approximate surface area is 82.6 Å². The lowest BCUT2D eigenvalue weighted by Crippen LogP contribution is -2.02. The van der Waals surface area contributed by atoms with Gasteiger partial charge in [0, 0.05) is 4.88 Å². The quantitative estimate of drug-likeness (QED) is 0.893. The first-order valence-electron chi connectivity index (χ1n) is 3.49. The minimum Gasteiger partial charge on any atom is -0.481 e. The van der Waals surface area contributed by atoms with Crippen molar-refractivity contribution in [2.24, 2.45) is 0 Å². The van der Waals surface area contributed by atoms with E-state index in [-0.39, 0.29) is 6.42 Å². The molecule has 0 aromatic carbocycles. The molecule has 1 rings (SSSR count). The predicted octanol–water partition coefficient (Wildman–Crippen LogP) is 2.10. The molecule has 0 unspecified atom stereocenters. The standard InChI is InChI=1S/C7H8BrNO2S/c1-2-5-4(3-6(10)11)9-7(8)12-5/h2-3H2,1H3,(H,10,11). The highest BCUT2D eigenvalue weighted by molar-refractivity contribution is 9.11. The first kappa shape index (κ1) is 9.67. The minimum absolute atomic E-state index is 0.0191. The van der Waals surface area contributed by atoms with Crippen molar-refractivity contribution in [1.82, 2.24) is 4.98 Å². The van der Waals surface area contributed by atoms with Gasteiger partial charge in [-0.05, 0) is 22.4 Å². The van der Waals surface area contributed by atoms with E-state index in [0.717, 1.165) is 15.2 Å². The van der Waals surface area contributed by atoms with Crippen LogP contribution >= 0.6 is 27.3 Å². The lowest BCUT2D eigenvalue weighted by molar-refractivity contribution is -0.136. The maximum absolute atomic E-state index is 10.4. The third kappa shape index (κ3) is 2.28. The zero-order chi connectivity index (χ0) is 9.14. The molecular formula is C7H8BrNO2S. The van der Waals surface area contributed by atoms with Gasteiger partial charge in [0.1, 0.15) is 0 Å². The second-order valence-corrected chi connectivity index (χ2v) is 4.62. The molecule has 0 bridgehead atoms. The summed E-state index contributed by atoms with van der Waals surface area (Å²) in [7, 11) is 0. The van der Waals surface area contributed by atoms with Crippen LogP contribution in [0.25, 0.3) is 0 Å². The van der Waals surface area contributed by atoms with Crippen LogP contribution in [0.1, 0.15) is 17.5 Å². The van der Waals surface area contributed by atoms with E-state index in [1.807, 2.05) is 6.92 Å². The molecule has 0 saturated heterocycles. The largest absolute Gasteiger partial charge is 0.481 e. The van der Waals surface area contributed by atoms with Crippen LogP contribution in [0.5, 0.6) is 0 Å². The number of thiazole rings is 1. The van der Waals surface area contributed by atoms with Crippen molar-refractivity contribution in [3.05, 3.63) is 14.5 Å². The van der Waals surface area contributed by atoms with Crippen LogP contribution in [0.4, 0.5) is 0 Å². The van der Waals surface area contributed by atoms with E-state index in [0.29, 0.717) is 5.69 Å². The van der Waals surface area contributed by atoms with Crippen molar-refractivity contribution in [2.45, 2.75) is 19.8 Å². The highest BCUT2D eigenvalue weighted by Gasteiger charge is 2.10. The number of hydrogen-bond donors (Lipinski definition) is 1. The molecule has 0 aliphatic rings. The Hall–Kier alpha value is -0.420. The summed E-state index contributed by atoms with van der Waals surface area (Å²) in [4.78, 5) is 15.5. The van der Waals surface area contributed by atoms with Gasteiger partial charge in [-0.3, -0.25) is 4.79 Å². The summed E-state index contributed by atoms with van der Waals surface area (Å²) >= 11 is 4.73. The molecule has 0 atom stereocenters. The number of hydrogen-bond acceptors (Lipinski definition) is 3. The van der Waals surface area contributed by atoms with E-state index in [4.69, 9.17) is 5.11 Å². The third-order valence-corrected chi connectivity index (χ3v) is 3.09. The SMILES string of the molecule is CCc1sc(Br)nc1CC(=O)O. The van der Waals surface area contributed by atoms with E-state index in [2.05, 4.69) is 20.9 Å². The summed E-state index contributed by atoms with van der Waals surface area (Å²) in [5, 5.41) is 8.55. The van der Waals surface area contributed by atoms with Crippen LogP contribution in [-0.4, -0.2) is 16.1 Å². The molecule has 0 aliphatic carbocycles. The van der Waals surface area contributed by atoms with Crippen LogP contribution < -0.4 is 0 Å². The molecule has 0 spiro atoms. The molecule has 1 aromatic rings. The number of aliphatic carboxylic acids is 1. The molecule has 0 amide bonds. The van der Waals surface area contributed by atoms with Crippen LogP contribution in [0.15, 0.2) is 3.92 Å². The third-order valence-electron chi connectivity index (χ3n) is 1.39. The van der Waals surface area contributed by atoms with Crippen LogP contribution in [-0.2, 0) is 17.6 Å². The molecule has 66 valence electrons.